The summed E-state index contributed by atoms with van der Waals surface area (Å²) in [5, 5.41) is 9.13. The Labute approximate surface area is 394 Å². The van der Waals surface area contributed by atoms with Crippen molar-refractivity contribution in [1.29, 1.82) is 0 Å². The van der Waals surface area contributed by atoms with Crippen LogP contribution in [-0.2, 0) is 0 Å². The van der Waals surface area contributed by atoms with E-state index in [1.165, 1.54) is 126 Å². The Hall–Kier alpha value is -6.62. The van der Waals surface area contributed by atoms with E-state index in [2.05, 4.69) is 229 Å². The number of rotatable bonds is 7. The quantitative estimate of drug-likeness (QED) is 0.116. The molecule has 2 aliphatic rings. The Morgan fingerprint density at radius 3 is 1.64 bits per heavy atom. The van der Waals surface area contributed by atoms with Crippen LogP contribution in [0, 0.1) is 0 Å². The van der Waals surface area contributed by atoms with Crippen LogP contribution in [0.4, 0.5) is 34.1 Å². The van der Waals surface area contributed by atoms with E-state index >= 15 is 0 Å². The normalized spacial score (nSPS) is 13.3. The van der Waals surface area contributed by atoms with E-state index in [4.69, 9.17) is 0 Å². The third-order valence-corrected chi connectivity index (χ3v) is 16.0. The van der Waals surface area contributed by atoms with Gasteiger partial charge in [0.15, 0.2) is 0 Å². The first-order chi connectivity index (χ1) is 32.0. The fourth-order valence-electron chi connectivity index (χ4n) is 11.2. The van der Waals surface area contributed by atoms with Crippen molar-refractivity contribution in [2.45, 2.75) is 79.1 Å². The van der Waals surface area contributed by atoms with Gasteiger partial charge in [0.2, 0.25) is 0 Å². The zero-order valence-corrected chi connectivity index (χ0v) is 40.1. The molecule has 0 fully saturated rings. The average Bonchev–Trinajstić information content (AvgIpc) is 3.72. The van der Waals surface area contributed by atoms with Crippen LogP contribution in [0.2, 0.25) is 0 Å². The van der Waals surface area contributed by atoms with Gasteiger partial charge < -0.3 is 9.80 Å². The molecule has 0 saturated carbocycles. The lowest BCUT2D eigenvalue weighted by Gasteiger charge is -2.44. The van der Waals surface area contributed by atoms with E-state index in [0.717, 1.165) is 0 Å². The standard InChI is InChI=1S/C62H55BN2S/c1-36(2)40-23-27-45(28-24-40)65-57-35-44(39(7)8)34-56-60(57)63(62-61(65)53-32-41(37(3)4)26-30-58(53)66-62)54-33-42(38(5)6)25-29-55(54)64(56)46-16-13-15-43(31-46)47-21-14-22-52-50-18-10-9-17-48(50)49-19-11-12-20-51(49)59(47)52/h9-39H,1-8H3. The van der Waals surface area contributed by atoms with Crippen molar-refractivity contribution in [1.82, 2.24) is 0 Å². The average molecular weight is 871 g/mol. The molecule has 0 saturated heterocycles. The summed E-state index contributed by atoms with van der Waals surface area (Å²) >= 11 is 1.99. The largest absolute Gasteiger partial charge is 0.311 e. The van der Waals surface area contributed by atoms with Gasteiger partial charge in [-0.15, -0.1) is 11.3 Å². The number of fused-ring (bicyclic) bond motifs is 12. The van der Waals surface area contributed by atoms with Crippen LogP contribution >= 0.6 is 11.3 Å². The molecule has 0 spiro atoms. The molecule has 322 valence electrons. The lowest BCUT2D eigenvalue weighted by atomic mass is 9.36. The van der Waals surface area contributed by atoms with Crippen LogP contribution in [0.15, 0.2) is 164 Å². The highest BCUT2D eigenvalue weighted by molar-refractivity contribution is 7.33. The summed E-state index contributed by atoms with van der Waals surface area (Å²) in [5.74, 6) is 1.60. The van der Waals surface area contributed by atoms with E-state index in [1.54, 1.807) is 0 Å². The van der Waals surface area contributed by atoms with Crippen molar-refractivity contribution in [3.63, 3.8) is 0 Å². The Morgan fingerprint density at radius 1 is 0.409 bits per heavy atom. The second-order valence-corrected chi connectivity index (χ2v) is 21.1. The highest BCUT2D eigenvalue weighted by Gasteiger charge is 2.46. The van der Waals surface area contributed by atoms with Crippen molar-refractivity contribution >= 4 is 110 Å². The van der Waals surface area contributed by atoms with Crippen LogP contribution in [0.5, 0.6) is 0 Å². The van der Waals surface area contributed by atoms with Crippen LogP contribution in [0.1, 0.15) is 101 Å². The Bertz CT molecular complexity index is 3530. The Kier molecular flexibility index (Phi) is 9.59. The van der Waals surface area contributed by atoms with Gasteiger partial charge in [-0.25, -0.2) is 0 Å². The van der Waals surface area contributed by atoms with Gasteiger partial charge in [-0.1, -0.05) is 165 Å². The summed E-state index contributed by atoms with van der Waals surface area (Å²) in [6.45, 7) is 18.6. The van der Waals surface area contributed by atoms with Gasteiger partial charge in [-0.05, 0) is 155 Å². The number of hydrogen-bond acceptors (Lipinski definition) is 3. The number of anilines is 6. The Morgan fingerprint density at radius 2 is 0.970 bits per heavy atom. The van der Waals surface area contributed by atoms with E-state index in [0.29, 0.717) is 23.7 Å². The Balaban J connectivity index is 1.15. The van der Waals surface area contributed by atoms with E-state index in [-0.39, 0.29) is 6.71 Å². The monoisotopic (exact) mass is 870 g/mol. The van der Waals surface area contributed by atoms with Crippen LogP contribution < -0.4 is 25.5 Å². The maximum atomic E-state index is 2.64. The van der Waals surface area contributed by atoms with E-state index in [1.807, 2.05) is 11.3 Å². The predicted octanol–water partition coefficient (Wildman–Crippen LogP) is 16.6. The lowest BCUT2D eigenvalue weighted by molar-refractivity contribution is 0.864. The van der Waals surface area contributed by atoms with Gasteiger partial charge in [0.1, 0.15) is 0 Å². The van der Waals surface area contributed by atoms with E-state index in [9.17, 15) is 0 Å². The molecule has 0 N–H and O–H groups in total. The van der Waals surface area contributed by atoms with Crippen molar-refractivity contribution in [2.24, 2.45) is 0 Å². The molecule has 0 atom stereocenters. The number of nitrogens with zero attached hydrogens (tertiary/aromatic N) is 2. The highest BCUT2D eigenvalue weighted by atomic mass is 32.1. The smallest absolute Gasteiger partial charge is 0.264 e. The minimum absolute atomic E-state index is 0.0724. The van der Waals surface area contributed by atoms with Crippen molar-refractivity contribution in [2.75, 3.05) is 9.80 Å². The van der Waals surface area contributed by atoms with Crippen molar-refractivity contribution in [3.05, 3.63) is 186 Å². The molecule has 10 aromatic rings. The zero-order valence-electron chi connectivity index (χ0n) is 39.3. The fourth-order valence-corrected chi connectivity index (χ4v) is 12.5. The SMILES string of the molecule is CC(C)c1ccc(N2c3cc(C(C)C)cc4c3B(c3cc(C(C)C)ccc3N4c3cccc(-c4cccc5c6ccccc6c6ccccc6c45)c3)c3sc4ccc(C(C)C)cc4c32)cc1. The fraction of sp³-hybridized carbons (Fsp3) is 0.194. The molecule has 0 amide bonds. The molecule has 2 aliphatic heterocycles. The minimum atomic E-state index is 0.0724. The molecular weight excluding hydrogens is 816 g/mol. The molecule has 0 unspecified atom stereocenters. The van der Waals surface area contributed by atoms with Gasteiger partial charge in [-0.3, -0.25) is 0 Å². The number of benzene rings is 9. The van der Waals surface area contributed by atoms with Gasteiger partial charge in [0.25, 0.3) is 6.71 Å². The molecule has 12 rings (SSSR count). The summed E-state index contributed by atoms with van der Waals surface area (Å²) in [5.41, 5.74) is 18.2. The minimum Gasteiger partial charge on any atom is -0.311 e. The predicted molar refractivity (Wildman–Crippen MR) is 290 cm³/mol. The molecule has 2 nitrogen and oxygen atoms in total. The van der Waals surface area contributed by atoms with Crippen LogP contribution in [0.3, 0.4) is 0 Å². The number of thiophene rings is 1. The molecule has 3 heterocycles. The molecule has 9 aromatic carbocycles. The molecule has 66 heavy (non-hydrogen) atoms. The van der Waals surface area contributed by atoms with Crippen molar-refractivity contribution < 1.29 is 0 Å². The molecule has 1 aromatic heterocycles. The molecular formula is C62H55BN2S. The van der Waals surface area contributed by atoms with Gasteiger partial charge in [0, 0.05) is 43.3 Å². The lowest BCUT2D eigenvalue weighted by Crippen LogP contribution is -2.60. The van der Waals surface area contributed by atoms with Gasteiger partial charge in [-0.2, -0.15) is 0 Å². The van der Waals surface area contributed by atoms with Crippen molar-refractivity contribution in [3.8, 4) is 11.1 Å². The first-order valence-corrected chi connectivity index (χ1v) is 24.9. The summed E-state index contributed by atoms with van der Waals surface area (Å²) in [4.78, 5) is 5.25. The molecule has 4 heteroatoms. The van der Waals surface area contributed by atoms with Gasteiger partial charge in [0.05, 0.1) is 5.69 Å². The first-order valence-electron chi connectivity index (χ1n) is 24.1. The second-order valence-electron chi connectivity index (χ2n) is 20.0. The molecule has 0 bridgehead atoms. The van der Waals surface area contributed by atoms with Crippen LogP contribution in [-0.4, -0.2) is 6.71 Å². The second kappa shape index (κ2) is 15.5. The third-order valence-electron chi connectivity index (χ3n) is 14.7. The highest BCUT2D eigenvalue weighted by Crippen LogP contribution is 2.50. The maximum absolute atomic E-state index is 2.64. The summed E-state index contributed by atoms with van der Waals surface area (Å²) < 4.78 is 2.77. The van der Waals surface area contributed by atoms with Crippen LogP contribution in [0.25, 0.3) is 53.5 Å². The maximum Gasteiger partial charge on any atom is 0.264 e. The third kappa shape index (κ3) is 6.21. The summed E-state index contributed by atoms with van der Waals surface area (Å²) in [6, 6.07) is 63.2. The number of hydrogen-bond donors (Lipinski definition) is 0. The topological polar surface area (TPSA) is 6.48 Å². The molecule has 0 aliphatic carbocycles. The zero-order chi connectivity index (χ0) is 45.1. The van der Waals surface area contributed by atoms with E-state index < -0.39 is 0 Å². The summed E-state index contributed by atoms with van der Waals surface area (Å²) in [6.07, 6.45) is 0. The molecule has 0 radical (unpaired) electrons. The first kappa shape index (κ1) is 40.9. The summed E-state index contributed by atoms with van der Waals surface area (Å²) in [7, 11) is 0. The van der Waals surface area contributed by atoms with Gasteiger partial charge >= 0.3 is 0 Å².